The summed E-state index contributed by atoms with van der Waals surface area (Å²) in [4.78, 5) is 0. The molecule has 0 bridgehead atoms. The highest BCUT2D eigenvalue weighted by Gasteiger charge is 1.99. The third-order valence-corrected chi connectivity index (χ3v) is 1.85. The highest BCUT2D eigenvalue weighted by atomic mass is 19.1. The summed E-state index contributed by atoms with van der Waals surface area (Å²) in [7, 11) is 0. The first kappa shape index (κ1) is 10.9. The van der Waals surface area contributed by atoms with Crippen LogP contribution < -0.4 is 0 Å². The molecule has 3 heteroatoms. The average molecular weight is 200 g/mol. The number of allylic oxidation sites excluding steroid dienone is 1. The van der Waals surface area contributed by atoms with Gasteiger partial charge in [-0.1, -0.05) is 18.2 Å². The van der Waals surface area contributed by atoms with E-state index in [0.717, 1.165) is 5.56 Å². The first-order valence-electron chi connectivity index (χ1n) is 4.47. The zero-order chi connectivity index (χ0) is 11.1. The van der Waals surface area contributed by atoms with E-state index in [-0.39, 0.29) is 18.7 Å². The van der Waals surface area contributed by atoms with Gasteiger partial charge in [0.1, 0.15) is 5.82 Å². The number of hydrogen-bond acceptors (Lipinski definition) is 2. The van der Waals surface area contributed by atoms with Crippen LogP contribution in [0.4, 0.5) is 4.39 Å². The Balaban J connectivity index is 2.92. The molecule has 0 aliphatic rings. The third kappa shape index (κ3) is 3.25. The summed E-state index contributed by atoms with van der Waals surface area (Å²) < 4.78 is 13.2. The molecule has 0 aliphatic heterocycles. The van der Waals surface area contributed by atoms with E-state index in [1.165, 1.54) is 6.07 Å². The van der Waals surface area contributed by atoms with Gasteiger partial charge in [0.25, 0.3) is 0 Å². The van der Waals surface area contributed by atoms with Crippen LogP contribution in [-0.4, -0.2) is 0 Å². The maximum absolute atomic E-state index is 13.2. The van der Waals surface area contributed by atoms with Crippen molar-refractivity contribution in [2.24, 2.45) is 0 Å². The topological polar surface area (TPSA) is 47.6 Å². The summed E-state index contributed by atoms with van der Waals surface area (Å²) >= 11 is 0. The number of benzene rings is 1. The predicted molar refractivity (Wildman–Crippen MR) is 55.0 cm³/mol. The van der Waals surface area contributed by atoms with Crippen LogP contribution in [0.5, 0.6) is 0 Å². The molecular weight excluding hydrogens is 191 g/mol. The standard InChI is InChI=1S/C12H9FN2/c13-12-5-4-10(6-8-15)9-11(12)3-1-2-7-14/h1,3-5,9H,2,6H2. The van der Waals surface area contributed by atoms with E-state index in [9.17, 15) is 4.39 Å². The van der Waals surface area contributed by atoms with Crippen LogP contribution in [-0.2, 0) is 6.42 Å². The van der Waals surface area contributed by atoms with Crippen molar-refractivity contribution in [1.29, 1.82) is 10.5 Å². The van der Waals surface area contributed by atoms with Crippen molar-refractivity contribution in [3.63, 3.8) is 0 Å². The van der Waals surface area contributed by atoms with E-state index < -0.39 is 0 Å². The number of halogens is 1. The minimum atomic E-state index is -0.342. The molecular formula is C12H9FN2. The molecule has 1 rings (SSSR count). The minimum Gasteiger partial charge on any atom is -0.206 e. The van der Waals surface area contributed by atoms with E-state index in [0.29, 0.717) is 5.56 Å². The number of rotatable bonds is 3. The van der Waals surface area contributed by atoms with Crippen LogP contribution in [0.15, 0.2) is 24.3 Å². The Morgan fingerprint density at radius 2 is 2.07 bits per heavy atom. The first-order valence-corrected chi connectivity index (χ1v) is 4.47. The van der Waals surface area contributed by atoms with Gasteiger partial charge >= 0.3 is 0 Å². The van der Waals surface area contributed by atoms with Crippen LogP contribution in [0.1, 0.15) is 17.5 Å². The Hall–Kier alpha value is -2.13. The molecule has 0 spiro atoms. The molecule has 0 N–H and O–H groups in total. The van der Waals surface area contributed by atoms with Crippen molar-refractivity contribution in [2.75, 3.05) is 0 Å². The van der Waals surface area contributed by atoms with Crippen molar-refractivity contribution in [2.45, 2.75) is 12.8 Å². The zero-order valence-electron chi connectivity index (χ0n) is 8.07. The van der Waals surface area contributed by atoms with Gasteiger partial charge in [-0.25, -0.2) is 4.39 Å². The predicted octanol–water partition coefficient (Wildman–Crippen LogP) is 2.82. The summed E-state index contributed by atoms with van der Waals surface area (Å²) in [6, 6.07) is 8.47. The van der Waals surface area contributed by atoms with E-state index in [1.807, 2.05) is 12.1 Å². The minimum absolute atomic E-state index is 0.252. The number of nitrogens with zero attached hydrogens (tertiary/aromatic N) is 2. The molecule has 0 aliphatic carbocycles. The Morgan fingerprint density at radius 1 is 1.27 bits per heavy atom. The number of hydrogen-bond donors (Lipinski definition) is 0. The Bertz CT molecular complexity index is 450. The van der Waals surface area contributed by atoms with Crippen LogP contribution in [0, 0.1) is 28.5 Å². The molecule has 0 fully saturated rings. The molecule has 0 saturated carbocycles. The molecule has 0 heterocycles. The van der Waals surface area contributed by atoms with Crippen molar-refractivity contribution < 1.29 is 4.39 Å². The van der Waals surface area contributed by atoms with E-state index in [4.69, 9.17) is 10.5 Å². The lowest BCUT2D eigenvalue weighted by atomic mass is 10.1. The van der Waals surface area contributed by atoms with Gasteiger partial charge < -0.3 is 0 Å². The number of nitriles is 2. The molecule has 2 nitrogen and oxygen atoms in total. The highest BCUT2D eigenvalue weighted by Crippen LogP contribution is 2.13. The van der Waals surface area contributed by atoms with Gasteiger partial charge in [-0.3, -0.25) is 0 Å². The summed E-state index contributed by atoms with van der Waals surface area (Å²) in [5.41, 5.74) is 1.19. The van der Waals surface area contributed by atoms with Crippen molar-refractivity contribution in [3.8, 4) is 12.1 Å². The lowest BCUT2D eigenvalue weighted by Crippen LogP contribution is -1.87. The first-order chi connectivity index (χ1) is 7.27. The van der Waals surface area contributed by atoms with E-state index in [2.05, 4.69) is 0 Å². The highest BCUT2D eigenvalue weighted by molar-refractivity contribution is 5.51. The molecule has 0 unspecified atom stereocenters. The summed E-state index contributed by atoms with van der Waals surface area (Å²) in [6.45, 7) is 0. The van der Waals surface area contributed by atoms with Crippen molar-refractivity contribution >= 4 is 6.08 Å². The molecule has 15 heavy (non-hydrogen) atoms. The quantitative estimate of drug-likeness (QED) is 0.753. The largest absolute Gasteiger partial charge is 0.206 e. The molecule has 1 aromatic carbocycles. The third-order valence-electron chi connectivity index (χ3n) is 1.85. The van der Waals surface area contributed by atoms with Gasteiger partial charge in [0.15, 0.2) is 0 Å². The van der Waals surface area contributed by atoms with E-state index in [1.54, 1.807) is 24.3 Å². The molecule has 0 atom stereocenters. The van der Waals surface area contributed by atoms with Crippen LogP contribution >= 0.6 is 0 Å². The van der Waals surface area contributed by atoms with Gasteiger partial charge in [0, 0.05) is 5.56 Å². The second-order valence-electron chi connectivity index (χ2n) is 2.96. The summed E-state index contributed by atoms with van der Waals surface area (Å²) in [5, 5.41) is 16.8. The Labute approximate surface area is 87.9 Å². The molecule has 0 amide bonds. The van der Waals surface area contributed by atoms with Crippen molar-refractivity contribution in [1.82, 2.24) is 0 Å². The smallest absolute Gasteiger partial charge is 0.130 e. The average Bonchev–Trinajstić information content (AvgIpc) is 2.23. The normalized spacial score (nSPS) is 9.80. The molecule has 1 aromatic rings. The molecule has 0 saturated heterocycles. The van der Waals surface area contributed by atoms with Crippen molar-refractivity contribution in [3.05, 3.63) is 41.2 Å². The lowest BCUT2D eigenvalue weighted by molar-refractivity contribution is 0.624. The molecule has 0 aromatic heterocycles. The molecule has 74 valence electrons. The van der Waals surface area contributed by atoms with Gasteiger partial charge in [0.05, 0.1) is 25.0 Å². The molecule has 0 radical (unpaired) electrons. The van der Waals surface area contributed by atoms with Gasteiger partial charge in [-0.05, 0) is 17.7 Å². The Kier molecular flexibility index (Phi) is 4.06. The Morgan fingerprint density at radius 3 is 2.73 bits per heavy atom. The van der Waals surface area contributed by atoms with Gasteiger partial charge in [-0.2, -0.15) is 10.5 Å². The zero-order valence-corrected chi connectivity index (χ0v) is 8.07. The monoisotopic (exact) mass is 200 g/mol. The summed E-state index contributed by atoms with van der Waals surface area (Å²) in [5.74, 6) is -0.342. The fourth-order valence-corrected chi connectivity index (χ4v) is 1.16. The lowest BCUT2D eigenvalue weighted by Gasteiger charge is -1.99. The second-order valence-corrected chi connectivity index (χ2v) is 2.96. The van der Waals surface area contributed by atoms with Crippen LogP contribution in [0.2, 0.25) is 0 Å². The summed E-state index contributed by atoms with van der Waals surface area (Å²) in [6.07, 6.45) is 3.66. The van der Waals surface area contributed by atoms with Gasteiger partial charge in [-0.15, -0.1) is 0 Å². The maximum atomic E-state index is 13.2. The maximum Gasteiger partial charge on any atom is 0.130 e. The van der Waals surface area contributed by atoms with Crippen LogP contribution in [0.25, 0.3) is 6.08 Å². The second kappa shape index (κ2) is 5.57. The van der Waals surface area contributed by atoms with Gasteiger partial charge in [0.2, 0.25) is 0 Å². The van der Waals surface area contributed by atoms with E-state index >= 15 is 0 Å². The van der Waals surface area contributed by atoms with Crippen LogP contribution in [0.3, 0.4) is 0 Å². The SMILES string of the molecule is N#CCC=Cc1cc(CC#N)ccc1F. The fraction of sp³-hybridized carbons (Fsp3) is 0.167. The fourth-order valence-electron chi connectivity index (χ4n) is 1.16.